The molecule has 1 fully saturated rings. The van der Waals surface area contributed by atoms with E-state index < -0.39 is 10.9 Å². The van der Waals surface area contributed by atoms with Crippen molar-refractivity contribution in [3.8, 4) is 0 Å². The molecular formula is C18H21ClFNO2. The van der Waals surface area contributed by atoms with E-state index in [-0.39, 0.29) is 6.10 Å². The van der Waals surface area contributed by atoms with Crippen LogP contribution in [0.15, 0.2) is 54.3 Å². The van der Waals surface area contributed by atoms with Gasteiger partial charge in [-0.25, -0.2) is 4.39 Å². The summed E-state index contributed by atoms with van der Waals surface area (Å²) in [5.74, 6) is -2.22. The summed E-state index contributed by atoms with van der Waals surface area (Å²) < 4.78 is 26.5. The Kier molecular flexibility index (Phi) is 4.76. The second kappa shape index (κ2) is 6.63. The molecule has 1 aromatic rings. The number of methoxy groups -OCH3 is 1. The minimum Gasteiger partial charge on any atom is -0.356 e. The van der Waals surface area contributed by atoms with Crippen LogP contribution in [0.5, 0.6) is 0 Å². The van der Waals surface area contributed by atoms with Gasteiger partial charge >= 0.3 is 0 Å². The van der Waals surface area contributed by atoms with E-state index >= 15 is 4.39 Å². The molecule has 124 valence electrons. The smallest absolute Gasteiger partial charge is 0.278 e. The molecule has 0 aromatic heterocycles. The van der Waals surface area contributed by atoms with Crippen LogP contribution < -0.4 is 5.32 Å². The fraction of sp³-hybridized carbons (Fsp3) is 0.444. The van der Waals surface area contributed by atoms with Crippen LogP contribution in [0.1, 0.15) is 25.7 Å². The second-order valence-electron chi connectivity index (χ2n) is 5.94. The first-order valence-corrected chi connectivity index (χ1v) is 8.27. The van der Waals surface area contributed by atoms with Crippen molar-refractivity contribution in [1.29, 1.82) is 0 Å². The average molecular weight is 338 g/mol. The van der Waals surface area contributed by atoms with E-state index in [2.05, 4.69) is 5.32 Å². The van der Waals surface area contributed by atoms with Crippen LogP contribution in [0.3, 0.4) is 0 Å². The average Bonchev–Trinajstić information content (AvgIpc) is 3.05. The third-order valence-electron chi connectivity index (χ3n) is 4.28. The van der Waals surface area contributed by atoms with E-state index in [1.54, 1.807) is 6.08 Å². The zero-order valence-electron chi connectivity index (χ0n) is 13.1. The topological polar surface area (TPSA) is 30.5 Å². The molecule has 1 saturated carbocycles. The fourth-order valence-electron chi connectivity index (χ4n) is 2.99. The number of allylic oxidation sites excluding steroid dienone is 1. The highest BCUT2D eigenvalue weighted by molar-refractivity contribution is 6.25. The lowest BCUT2D eigenvalue weighted by Gasteiger charge is -2.39. The summed E-state index contributed by atoms with van der Waals surface area (Å²) in [7, 11) is 1.38. The molecule has 2 aliphatic rings. The highest BCUT2D eigenvalue weighted by Crippen LogP contribution is 2.44. The highest BCUT2D eigenvalue weighted by Gasteiger charge is 2.53. The maximum Gasteiger partial charge on any atom is 0.278 e. The summed E-state index contributed by atoms with van der Waals surface area (Å²) >= 11 is 6.33. The van der Waals surface area contributed by atoms with E-state index in [0.29, 0.717) is 5.70 Å². The number of rotatable bonds is 5. The maximum absolute atomic E-state index is 15.6. The first kappa shape index (κ1) is 16.5. The minimum absolute atomic E-state index is 0.131. The first-order valence-electron chi connectivity index (χ1n) is 7.90. The number of nitrogens with one attached hydrogen (secondary N) is 1. The van der Waals surface area contributed by atoms with Crippen LogP contribution in [0.2, 0.25) is 0 Å². The molecule has 0 radical (unpaired) electrons. The summed E-state index contributed by atoms with van der Waals surface area (Å²) in [5.41, 5.74) is 1.45. The predicted octanol–water partition coefficient (Wildman–Crippen LogP) is 4.76. The number of hydrogen-bond acceptors (Lipinski definition) is 3. The molecule has 2 aliphatic carbocycles. The first-order chi connectivity index (χ1) is 11.0. The predicted molar refractivity (Wildman–Crippen MR) is 90.1 cm³/mol. The second-order valence-corrected chi connectivity index (χ2v) is 6.50. The molecule has 2 atom stereocenters. The van der Waals surface area contributed by atoms with Crippen LogP contribution in [0, 0.1) is 0 Å². The molecule has 3 rings (SSSR count). The molecule has 3 nitrogen and oxygen atoms in total. The lowest BCUT2D eigenvalue weighted by Crippen LogP contribution is -2.51. The van der Waals surface area contributed by atoms with Gasteiger partial charge in [0, 0.05) is 24.6 Å². The van der Waals surface area contributed by atoms with Gasteiger partial charge in [-0.3, -0.25) is 0 Å². The molecule has 0 aliphatic heterocycles. The monoisotopic (exact) mass is 337 g/mol. The van der Waals surface area contributed by atoms with Crippen molar-refractivity contribution in [1.82, 2.24) is 0 Å². The van der Waals surface area contributed by atoms with Crippen LogP contribution >= 0.6 is 11.6 Å². The van der Waals surface area contributed by atoms with Gasteiger partial charge in [-0.05, 0) is 37.1 Å². The Bertz CT molecular complexity index is 600. The number of ether oxygens (including phenoxy) is 2. The number of halogens is 2. The van der Waals surface area contributed by atoms with Crippen LogP contribution in [0.25, 0.3) is 0 Å². The van der Waals surface area contributed by atoms with Crippen molar-refractivity contribution in [3.05, 3.63) is 54.3 Å². The Morgan fingerprint density at radius 3 is 2.57 bits per heavy atom. The Hall–Kier alpha value is -1.36. The Labute approximate surface area is 141 Å². The number of alkyl halides is 2. The van der Waals surface area contributed by atoms with Crippen molar-refractivity contribution in [2.24, 2.45) is 0 Å². The molecule has 1 aromatic carbocycles. The normalized spacial score (nSPS) is 31.2. The fourth-order valence-corrected chi connectivity index (χ4v) is 3.16. The number of benzene rings is 1. The standard InChI is InChI=1S/C18H21ClFNO2/c1-22-17(19)12-11-15(21-14-7-3-2-4-8-14)13-18(17,20)23-16-9-5-6-10-16/h2-4,7-8,11-13,16,21H,5-6,9-10H2,1H3. The summed E-state index contributed by atoms with van der Waals surface area (Å²) in [5, 5.41) is 1.51. The van der Waals surface area contributed by atoms with Gasteiger partial charge in [-0.1, -0.05) is 42.6 Å². The van der Waals surface area contributed by atoms with Gasteiger partial charge < -0.3 is 14.8 Å². The van der Waals surface area contributed by atoms with Crippen LogP contribution in [-0.2, 0) is 9.47 Å². The van der Waals surface area contributed by atoms with Crippen molar-refractivity contribution in [2.45, 2.75) is 42.7 Å². The van der Waals surface area contributed by atoms with Gasteiger partial charge in [0.1, 0.15) is 0 Å². The Morgan fingerprint density at radius 2 is 1.91 bits per heavy atom. The highest BCUT2D eigenvalue weighted by atomic mass is 35.5. The summed E-state index contributed by atoms with van der Waals surface area (Å²) in [4.78, 5) is 0. The molecule has 0 amide bonds. The van der Waals surface area contributed by atoms with E-state index in [4.69, 9.17) is 21.1 Å². The summed E-state index contributed by atoms with van der Waals surface area (Å²) in [6, 6.07) is 9.56. The third-order valence-corrected chi connectivity index (χ3v) is 4.82. The molecule has 2 unspecified atom stereocenters. The largest absolute Gasteiger partial charge is 0.356 e. The molecule has 0 saturated heterocycles. The van der Waals surface area contributed by atoms with Crippen molar-refractivity contribution in [2.75, 3.05) is 12.4 Å². The quantitative estimate of drug-likeness (QED) is 0.786. The van der Waals surface area contributed by atoms with Gasteiger partial charge in [0.25, 0.3) is 5.85 Å². The van der Waals surface area contributed by atoms with Crippen molar-refractivity contribution in [3.63, 3.8) is 0 Å². The number of hydrogen-bond donors (Lipinski definition) is 1. The zero-order valence-corrected chi connectivity index (χ0v) is 13.9. The Morgan fingerprint density at radius 1 is 1.22 bits per heavy atom. The Balaban J connectivity index is 1.84. The molecular weight excluding hydrogens is 317 g/mol. The molecule has 23 heavy (non-hydrogen) atoms. The van der Waals surface area contributed by atoms with Crippen molar-refractivity contribution < 1.29 is 13.9 Å². The zero-order chi connectivity index (χ0) is 16.3. The molecule has 1 N–H and O–H groups in total. The van der Waals surface area contributed by atoms with Gasteiger partial charge in [-0.2, -0.15) is 0 Å². The van der Waals surface area contributed by atoms with Gasteiger partial charge in [-0.15, -0.1) is 0 Å². The van der Waals surface area contributed by atoms with Gasteiger partial charge in [0.05, 0.1) is 6.10 Å². The SMILES string of the molecule is COC1(Cl)C=CC(Nc2ccccc2)=CC1(F)OC1CCCC1. The molecule has 0 spiro atoms. The van der Waals surface area contributed by atoms with E-state index in [1.165, 1.54) is 19.3 Å². The minimum atomic E-state index is -2.22. The van der Waals surface area contributed by atoms with Gasteiger partial charge in [0.2, 0.25) is 5.06 Å². The number of para-hydroxylation sites is 1. The van der Waals surface area contributed by atoms with Crippen LogP contribution in [-0.4, -0.2) is 24.1 Å². The molecule has 0 heterocycles. The van der Waals surface area contributed by atoms with E-state index in [1.807, 2.05) is 30.3 Å². The van der Waals surface area contributed by atoms with E-state index in [0.717, 1.165) is 31.4 Å². The van der Waals surface area contributed by atoms with Gasteiger partial charge in [0.15, 0.2) is 0 Å². The summed E-state index contributed by atoms with van der Waals surface area (Å²) in [6.07, 6.45) is 8.25. The van der Waals surface area contributed by atoms with Crippen LogP contribution in [0.4, 0.5) is 10.1 Å². The maximum atomic E-state index is 15.6. The van der Waals surface area contributed by atoms with Crippen molar-refractivity contribution >= 4 is 17.3 Å². The molecule has 0 bridgehead atoms. The lowest BCUT2D eigenvalue weighted by atomic mass is 10.0. The number of anilines is 1. The summed E-state index contributed by atoms with van der Waals surface area (Å²) in [6.45, 7) is 0. The molecule has 5 heteroatoms. The van der Waals surface area contributed by atoms with E-state index in [9.17, 15) is 0 Å². The lowest BCUT2D eigenvalue weighted by molar-refractivity contribution is -0.210. The third kappa shape index (κ3) is 3.44.